The predicted octanol–water partition coefficient (Wildman–Crippen LogP) is 2.27. The Morgan fingerprint density at radius 2 is 2.00 bits per heavy atom. The number of imidazole rings is 1. The summed E-state index contributed by atoms with van der Waals surface area (Å²) in [6.45, 7) is 7.11. The molecule has 0 spiro atoms. The molecule has 0 radical (unpaired) electrons. The summed E-state index contributed by atoms with van der Waals surface area (Å²) >= 11 is 0. The smallest absolute Gasteiger partial charge is 0.256 e. The van der Waals surface area contributed by atoms with Crippen LogP contribution in [0.25, 0.3) is 11.0 Å². The lowest BCUT2D eigenvalue weighted by atomic mass is 10.1. The number of benzene rings is 1. The van der Waals surface area contributed by atoms with Crippen molar-refractivity contribution in [1.29, 1.82) is 0 Å². The fraction of sp³-hybridized carbons (Fsp3) is 0.450. The van der Waals surface area contributed by atoms with E-state index in [1.165, 1.54) is 0 Å². The quantitative estimate of drug-likeness (QED) is 0.749. The monoisotopic (exact) mass is 382 g/mol. The molecule has 148 valence electrons. The van der Waals surface area contributed by atoms with Gasteiger partial charge in [-0.05, 0) is 31.5 Å². The van der Waals surface area contributed by atoms with Gasteiger partial charge >= 0.3 is 0 Å². The van der Waals surface area contributed by atoms with Crippen molar-refractivity contribution in [3.05, 3.63) is 35.0 Å². The van der Waals surface area contributed by atoms with Gasteiger partial charge in [0.25, 0.3) is 5.91 Å². The van der Waals surface area contributed by atoms with Crippen LogP contribution in [0.15, 0.2) is 18.2 Å². The average molecular weight is 382 g/mol. The molecule has 8 heteroatoms. The summed E-state index contributed by atoms with van der Waals surface area (Å²) in [5.41, 5.74) is 4.40. The van der Waals surface area contributed by atoms with E-state index in [9.17, 15) is 4.79 Å². The lowest BCUT2D eigenvalue weighted by Crippen LogP contribution is -2.37. The van der Waals surface area contributed by atoms with Gasteiger partial charge in [0.05, 0.1) is 29.9 Å². The van der Waals surface area contributed by atoms with Crippen LogP contribution in [0.1, 0.15) is 28.5 Å². The molecule has 0 unspecified atom stereocenters. The van der Waals surface area contributed by atoms with Crippen molar-refractivity contribution in [2.75, 3.05) is 36.5 Å². The van der Waals surface area contributed by atoms with Gasteiger partial charge in [0.1, 0.15) is 5.82 Å². The van der Waals surface area contributed by atoms with E-state index < -0.39 is 0 Å². The Kier molecular flexibility index (Phi) is 4.80. The van der Waals surface area contributed by atoms with Crippen LogP contribution in [0.5, 0.6) is 0 Å². The summed E-state index contributed by atoms with van der Waals surface area (Å²) in [7, 11) is 3.85. The standard InChI is InChI=1S/C20H26N6O2/c1-5-15-13(2)18(25(4)23-15)22-19(27)14-6-7-17-16(12-14)21-20(24(17)3)26-8-10-28-11-9-26/h6-7,12H,5,8-11H2,1-4H3,(H,22,27). The minimum atomic E-state index is -0.158. The lowest BCUT2D eigenvalue weighted by molar-refractivity contribution is 0.102. The number of fused-ring (bicyclic) bond motifs is 1. The molecule has 2 aromatic heterocycles. The largest absolute Gasteiger partial charge is 0.378 e. The molecule has 28 heavy (non-hydrogen) atoms. The van der Waals surface area contributed by atoms with Gasteiger partial charge in [-0.15, -0.1) is 0 Å². The molecular weight excluding hydrogens is 356 g/mol. The van der Waals surface area contributed by atoms with Crippen LogP contribution in [0.2, 0.25) is 0 Å². The Morgan fingerprint density at radius 3 is 2.68 bits per heavy atom. The second-order valence-electron chi connectivity index (χ2n) is 7.13. The van der Waals surface area contributed by atoms with Crippen molar-refractivity contribution in [3.8, 4) is 0 Å². The highest BCUT2D eigenvalue weighted by molar-refractivity contribution is 6.06. The van der Waals surface area contributed by atoms with E-state index in [2.05, 4.69) is 26.8 Å². The maximum absolute atomic E-state index is 12.8. The first-order valence-corrected chi connectivity index (χ1v) is 9.62. The fourth-order valence-corrected chi connectivity index (χ4v) is 3.75. The predicted molar refractivity (Wildman–Crippen MR) is 109 cm³/mol. The number of ether oxygens (including phenoxy) is 1. The van der Waals surface area contributed by atoms with Gasteiger partial charge in [-0.2, -0.15) is 5.10 Å². The van der Waals surface area contributed by atoms with Crippen LogP contribution >= 0.6 is 0 Å². The highest BCUT2D eigenvalue weighted by Gasteiger charge is 2.19. The summed E-state index contributed by atoms with van der Waals surface area (Å²) < 4.78 is 9.23. The second-order valence-corrected chi connectivity index (χ2v) is 7.13. The van der Waals surface area contributed by atoms with Crippen molar-refractivity contribution in [2.24, 2.45) is 14.1 Å². The van der Waals surface area contributed by atoms with Crippen molar-refractivity contribution >= 4 is 28.7 Å². The molecule has 1 amide bonds. The van der Waals surface area contributed by atoms with Crippen molar-refractivity contribution < 1.29 is 9.53 Å². The van der Waals surface area contributed by atoms with Gasteiger partial charge < -0.3 is 19.5 Å². The number of hydrogen-bond acceptors (Lipinski definition) is 5. The van der Waals surface area contributed by atoms with Crippen molar-refractivity contribution in [1.82, 2.24) is 19.3 Å². The molecule has 1 aromatic carbocycles. The summed E-state index contributed by atoms with van der Waals surface area (Å²) in [5, 5.41) is 7.46. The van der Waals surface area contributed by atoms with Crippen LogP contribution < -0.4 is 10.2 Å². The molecule has 3 aromatic rings. The summed E-state index contributed by atoms with van der Waals surface area (Å²) in [4.78, 5) is 19.8. The molecule has 1 aliphatic heterocycles. The number of aryl methyl sites for hydroxylation is 3. The molecule has 0 atom stereocenters. The van der Waals surface area contributed by atoms with E-state index in [-0.39, 0.29) is 5.91 Å². The molecule has 8 nitrogen and oxygen atoms in total. The molecular formula is C20H26N6O2. The van der Waals surface area contributed by atoms with Crippen LogP contribution in [0.3, 0.4) is 0 Å². The highest BCUT2D eigenvalue weighted by Crippen LogP contribution is 2.24. The van der Waals surface area contributed by atoms with Gasteiger partial charge in [-0.3, -0.25) is 9.48 Å². The summed E-state index contributed by atoms with van der Waals surface area (Å²) in [6, 6.07) is 5.64. The molecule has 0 bridgehead atoms. The van der Waals surface area contributed by atoms with E-state index >= 15 is 0 Å². The van der Waals surface area contributed by atoms with E-state index in [4.69, 9.17) is 9.72 Å². The maximum atomic E-state index is 12.8. The van der Waals surface area contributed by atoms with Crippen molar-refractivity contribution in [3.63, 3.8) is 0 Å². The zero-order valence-electron chi connectivity index (χ0n) is 16.8. The van der Waals surface area contributed by atoms with Crippen molar-refractivity contribution in [2.45, 2.75) is 20.3 Å². The Morgan fingerprint density at radius 1 is 1.25 bits per heavy atom. The summed E-state index contributed by atoms with van der Waals surface area (Å²) in [5.74, 6) is 1.48. The summed E-state index contributed by atoms with van der Waals surface area (Å²) in [6.07, 6.45) is 0.833. The number of rotatable bonds is 4. The van der Waals surface area contributed by atoms with Gasteiger partial charge in [0, 0.05) is 38.3 Å². The van der Waals surface area contributed by atoms with Gasteiger partial charge in [-0.25, -0.2) is 4.98 Å². The molecule has 4 rings (SSSR count). The minimum Gasteiger partial charge on any atom is -0.378 e. The number of amides is 1. The number of aromatic nitrogens is 4. The Balaban J connectivity index is 1.62. The van der Waals surface area contributed by atoms with Gasteiger partial charge in [0.15, 0.2) is 0 Å². The number of morpholine rings is 1. The number of carbonyl (C=O) groups excluding carboxylic acids is 1. The Labute approximate surface area is 164 Å². The van der Waals surface area contributed by atoms with Gasteiger partial charge in [0.2, 0.25) is 5.95 Å². The van der Waals surface area contributed by atoms with E-state index in [1.54, 1.807) is 4.68 Å². The number of anilines is 2. The van der Waals surface area contributed by atoms with Crippen LogP contribution in [-0.2, 0) is 25.3 Å². The molecule has 1 saturated heterocycles. The fourth-order valence-electron chi connectivity index (χ4n) is 3.75. The first-order valence-electron chi connectivity index (χ1n) is 9.62. The molecule has 1 fully saturated rings. The van der Waals surface area contributed by atoms with E-state index in [0.29, 0.717) is 18.8 Å². The Hall–Kier alpha value is -2.87. The SMILES string of the molecule is CCc1nn(C)c(NC(=O)c2ccc3c(c2)nc(N2CCOCC2)n3C)c1C. The highest BCUT2D eigenvalue weighted by atomic mass is 16.5. The maximum Gasteiger partial charge on any atom is 0.256 e. The number of nitrogens with one attached hydrogen (secondary N) is 1. The second kappa shape index (κ2) is 7.27. The third-order valence-corrected chi connectivity index (χ3v) is 5.36. The first kappa shape index (κ1) is 18.5. The van der Waals surface area contributed by atoms with Crippen LogP contribution in [0.4, 0.5) is 11.8 Å². The number of nitrogens with zero attached hydrogens (tertiary/aromatic N) is 5. The number of hydrogen-bond donors (Lipinski definition) is 1. The molecule has 3 heterocycles. The third kappa shape index (κ3) is 3.13. The Bertz CT molecular complexity index is 1030. The lowest BCUT2D eigenvalue weighted by Gasteiger charge is -2.27. The zero-order valence-corrected chi connectivity index (χ0v) is 16.8. The van der Waals surface area contributed by atoms with Crippen LogP contribution in [-0.4, -0.2) is 51.5 Å². The van der Waals surface area contributed by atoms with E-state index in [1.807, 2.05) is 39.2 Å². The number of carbonyl (C=O) groups is 1. The zero-order chi connectivity index (χ0) is 19.8. The topological polar surface area (TPSA) is 77.2 Å². The minimum absolute atomic E-state index is 0.158. The normalized spacial score (nSPS) is 14.6. The van der Waals surface area contributed by atoms with Crippen LogP contribution in [0, 0.1) is 6.92 Å². The molecule has 0 saturated carbocycles. The van der Waals surface area contributed by atoms with E-state index in [0.717, 1.165) is 53.6 Å². The molecule has 1 N–H and O–H groups in total. The van der Waals surface area contributed by atoms with Gasteiger partial charge in [-0.1, -0.05) is 6.92 Å². The third-order valence-electron chi connectivity index (χ3n) is 5.36. The average Bonchev–Trinajstić information content (AvgIpc) is 3.19. The first-order chi connectivity index (χ1) is 13.5. The molecule has 0 aliphatic carbocycles. The molecule has 1 aliphatic rings.